The Morgan fingerprint density at radius 3 is 2.54 bits per heavy atom. The van der Waals surface area contributed by atoms with E-state index in [2.05, 4.69) is 27.9 Å². The van der Waals surface area contributed by atoms with Crippen LogP contribution in [0.4, 0.5) is 11.9 Å². The van der Waals surface area contributed by atoms with Crippen LogP contribution in [0.2, 0.25) is 0 Å². The first-order valence-corrected chi connectivity index (χ1v) is 8.57. The molecule has 2 rings (SSSR count). The lowest BCUT2D eigenvalue weighted by Crippen LogP contribution is -2.15. The quantitative estimate of drug-likeness (QED) is 0.575. The molecule has 2 aromatic rings. The lowest BCUT2D eigenvalue weighted by atomic mass is 10.1. The summed E-state index contributed by atoms with van der Waals surface area (Å²) in [6, 6.07) is 9.69. The number of nitriles is 1. The first kappa shape index (κ1) is 19.2. The molecule has 0 aliphatic carbocycles. The van der Waals surface area contributed by atoms with Gasteiger partial charge in [0, 0.05) is 14.1 Å². The van der Waals surface area contributed by atoms with Gasteiger partial charge in [-0.1, -0.05) is 31.9 Å². The van der Waals surface area contributed by atoms with Crippen molar-refractivity contribution in [3.05, 3.63) is 35.7 Å². The van der Waals surface area contributed by atoms with Crippen LogP contribution in [-0.4, -0.2) is 35.7 Å². The van der Waals surface area contributed by atoms with Gasteiger partial charge in [0.2, 0.25) is 11.9 Å². The minimum absolute atomic E-state index is 0.0793. The zero-order chi connectivity index (χ0) is 18.9. The summed E-state index contributed by atoms with van der Waals surface area (Å²) < 4.78 is 5.70. The molecule has 0 aliphatic rings. The van der Waals surface area contributed by atoms with Crippen LogP contribution in [0, 0.1) is 11.3 Å². The van der Waals surface area contributed by atoms with E-state index in [1.807, 2.05) is 24.3 Å². The van der Waals surface area contributed by atoms with E-state index in [1.54, 1.807) is 25.1 Å². The van der Waals surface area contributed by atoms with Crippen molar-refractivity contribution < 1.29 is 4.74 Å². The standard InChI is InChI=1S/C19H24N6O/c1-4-5-6-11-26-16-9-7-14(8-10-16)12-15(13-20)17-22-18(21)24-19(23-17)25(2)3/h7-10,12H,4-6,11H2,1-3H3,(H2,21,22,23,24)/b15-12+. The van der Waals surface area contributed by atoms with Gasteiger partial charge in [0.25, 0.3) is 0 Å². The summed E-state index contributed by atoms with van der Waals surface area (Å²) in [5.41, 5.74) is 6.90. The molecular weight excluding hydrogens is 328 g/mol. The molecule has 0 saturated carbocycles. The Hall–Kier alpha value is -3.14. The summed E-state index contributed by atoms with van der Waals surface area (Å²) in [5.74, 6) is 1.56. The number of hydrogen-bond donors (Lipinski definition) is 1. The largest absolute Gasteiger partial charge is 0.494 e. The Labute approximate surface area is 154 Å². The van der Waals surface area contributed by atoms with E-state index in [4.69, 9.17) is 10.5 Å². The SMILES string of the molecule is CCCCCOc1ccc(/C=C(\C#N)c2nc(N)nc(N(C)C)n2)cc1. The van der Waals surface area contributed by atoms with Crippen molar-refractivity contribution in [3.63, 3.8) is 0 Å². The Balaban J connectivity index is 2.17. The Bertz CT molecular complexity index is 793. The second kappa shape index (κ2) is 9.37. The van der Waals surface area contributed by atoms with Crippen LogP contribution in [-0.2, 0) is 0 Å². The fraction of sp³-hybridized carbons (Fsp3) is 0.368. The summed E-state index contributed by atoms with van der Waals surface area (Å²) in [4.78, 5) is 14.1. The third-order valence-corrected chi connectivity index (χ3v) is 3.61. The molecule has 2 N–H and O–H groups in total. The molecular formula is C19H24N6O. The smallest absolute Gasteiger partial charge is 0.230 e. The fourth-order valence-corrected chi connectivity index (χ4v) is 2.22. The molecule has 1 heterocycles. The Morgan fingerprint density at radius 1 is 1.19 bits per heavy atom. The molecule has 0 spiro atoms. The van der Waals surface area contributed by atoms with Crippen molar-refractivity contribution in [2.75, 3.05) is 31.3 Å². The van der Waals surface area contributed by atoms with Crippen molar-refractivity contribution in [2.24, 2.45) is 0 Å². The average molecular weight is 352 g/mol. The van der Waals surface area contributed by atoms with Gasteiger partial charge in [0.15, 0.2) is 5.82 Å². The van der Waals surface area contributed by atoms with Gasteiger partial charge in [-0.2, -0.15) is 20.2 Å². The predicted octanol–water partition coefficient (Wildman–Crippen LogP) is 3.15. The van der Waals surface area contributed by atoms with Gasteiger partial charge in [-0.3, -0.25) is 0 Å². The maximum atomic E-state index is 9.48. The van der Waals surface area contributed by atoms with Crippen molar-refractivity contribution in [3.8, 4) is 11.8 Å². The van der Waals surface area contributed by atoms with Gasteiger partial charge in [0.1, 0.15) is 11.8 Å². The highest BCUT2D eigenvalue weighted by molar-refractivity contribution is 5.87. The third-order valence-electron chi connectivity index (χ3n) is 3.61. The van der Waals surface area contributed by atoms with Gasteiger partial charge < -0.3 is 15.4 Å². The van der Waals surface area contributed by atoms with E-state index >= 15 is 0 Å². The summed E-state index contributed by atoms with van der Waals surface area (Å²) in [5, 5.41) is 9.48. The fourth-order valence-electron chi connectivity index (χ4n) is 2.22. The maximum absolute atomic E-state index is 9.48. The van der Waals surface area contributed by atoms with Crippen molar-refractivity contribution in [1.29, 1.82) is 5.26 Å². The van der Waals surface area contributed by atoms with E-state index in [0.717, 1.165) is 24.2 Å². The molecule has 0 aliphatic heterocycles. The van der Waals surface area contributed by atoms with Crippen molar-refractivity contribution in [2.45, 2.75) is 26.2 Å². The minimum Gasteiger partial charge on any atom is -0.494 e. The molecule has 1 aromatic carbocycles. The third kappa shape index (κ3) is 5.45. The van der Waals surface area contributed by atoms with Crippen LogP contribution < -0.4 is 15.4 Å². The van der Waals surface area contributed by atoms with Crippen LogP contribution >= 0.6 is 0 Å². The highest BCUT2D eigenvalue weighted by Gasteiger charge is 2.10. The number of allylic oxidation sites excluding steroid dienone is 1. The summed E-state index contributed by atoms with van der Waals surface area (Å²) >= 11 is 0. The first-order chi connectivity index (χ1) is 12.5. The van der Waals surface area contributed by atoms with Crippen LogP contribution in [0.1, 0.15) is 37.6 Å². The van der Waals surface area contributed by atoms with Crippen LogP contribution in [0.15, 0.2) is 24.3 Å². The topological polar surface area (TPSA) is 101 Å². The number of nitrogens with zero attached hydrogens (tertiary/aromatic N) is 5. The lowest BCUT2D eigenvalue weighted by Gasteiger charge is -2.11. The molecule has 0 amide bonds. The number of aromatic nitrogens is 3. The van der Waals surface area contributed by atoms with E-state index in [9.17, 15) is 5.26 Å². The highest BCUT2D eigenvalue weighted by Crippen LogP contribution is 2.19. The van der Waals surface area contributed by atoms with Crippen molar-refractivity contribution in [1.82, 2.24) is 15.0 Å². The number of nitrogens with two attached hydrogens (primary N) is 1. The molecule has 7 nitrogen and oxygen atoms in total. The molecule has 7 heteroatoms. The van der Waals surface area contributed by atoms with Gasteiger partial charge in [0.05, 0.1) is 12.2 Å². The van der Waals surface area contributed by atoms with Gasteiger partial charge in [-0.25, -0.2) is 0 Å². The number of rotatable bonds is 8. The molecule has 136 valence electrons. The highest BCUT2D eigenvalue weighted by atomic mass is 16.5. The zero-order valence-electron chi connectivity index (χ0n) is 15.4. The van der Waals surface area contributed by atoms with E-state index in [-0.39, 0.29) is 11.8 Å². The molecule has 0 saturated heterocycles. The van der Waals surface area contributed by atoms with Crippen LogP contribution in [0.5, 0.6) is 5.75 Å². The first-order valence-electron chi connectivity index (χ1n) is 8.57. The second-order valence-corrected chi connectivity index (χ2v) is 6.01. The van der Waals surface area contributed by atoms with E-state index in [0.29, 0.717) is 18.1 Å². The monoisotopic (exact) mass is 352 g/mol. The normalized spacial score (nSPS) is 11.1. The van der Waals surface area contributed by atoms with Crippen molar-refractivity contribution >= 4 is 23.5 Å². The Kier molecular flexibility index (Phi) is 6.92. The lowest BCUT2D eigenvalue weighted by molar-refractivity contribution is 0.306. The number of nitrogen functional groups attached to an aromatic ring is 1. The molecule has 26 heavy (non-hydrogen) atoms. The minimum atomic E-state index is 0.0793. The average Bonchev–Trinajstić information content (AvgIpc) is 2.63. The van der Waals surface area contributed by atoms with E-state index in [1.165, 1.54) is 6.42 Å². The van der Waals surface area contributed by atoms with Gasteiger partial charge in [-0.05, 0) is 30.2 Å². The summed E-state index contributed by atoms with van der Waals surface area (Å²) in [6.45, 7) is 2.87. The summed E-state index contributed by atoms with van der Waals surface area (Å²) in [6.07, 6.45) is 5.10. The van der Waals surface area contributed by atoms with Crippen LogP contribution in [0.25, 0.3) is 11.6 Å². The van der Waals surface area contributed by atoms with Crippen LogP contribution in [0.3, 0.4) is 0 Å². The molecule has 0 bridgehead atoms. The number of hydrogen-bond acceptors (Lipinski definition) is 7. The molecule has 0 atom stereocenters. The number of ether oxygens (including phenoxy) is 1. The van der Waals surface area contributed by atoms with E-state index < -0.39 is 0 Å². The number of anilines is 2. The second-order valence-electron chi connectivity index (χ2n) is 6.01. The molecule has 0 fully saturated rings. The molecule has 0 radical (unpaired) electrons. The van der Waals surface area contributed by atoms with Gasteiger partial charge >= 0.3 is 0 Å². The predicted molar refractivity (Wildman–Crippen MR) is 104 cm³/mol. The maximum Gasteiger partial charge on any atom is 0.230 e. The van der Waals surface area contributed by atoms with Gasteiger partial charge in [-0.15, -0.1) is 0 Å². The summed E-state index contributed by atoms with van der Waals surface area (Å²) in [7, 11) is 3.60. The molecule has 1 aromatic heterocycles. The number of unbranched alkanes of at least 4 members (excludes halogenated alkanes) is 2. The zero-order valence-corrected chi connectivity index (χ0v) is 15.4. The Morgan fingerprint density at radius 2 is 1.92 bits per heavy atom. The number of benzene rings is 1. The molecule has 0 unspecified atom stereocenters.